The van der Waals surface area contributed by atoms with E-state index in [1.54, 1.807) is 6.07 Å². The lowest BCUT2D eigenvalue weighted by molar-refractivity contribution is -0.124. The highest BCUT2D eigenvalue weighted by atomic mass is 19.1. The first-order chi connectivity index (χ1) is 8.66. The molecule has 1 saturated carbocycles. The Labute approximate surface area is 106 Å². The second-order valence-electron chi connectivity index (χ2n) is 5.17. The molecule has 3 rings (SSSR count). The number of amides is 1. The van der Waals surface area contributed by atoms with Crippen LogP contribution in [0.1, 0.15) is 19.3 Å². The topological polar surface area (TPSA) is 23.6 Å². The summed E-state index contributed by atoms with van der Waals surface area (Å²) in [6.45, 7) is 1.46. The van der Waals surface area contributed by atoms with E-state index >= 15 is 0 Å². The third kappa shape index (κ3) is 1.76. The van der Waals surface area contributed by atoms with E-state index in [0.29, 0.717) is 6.54 Å². The normalized spacial score (nSPS) is 19.4. The third-order valence-corrected chi connectivity index (χ3v) is 4.02. The zero-order valence-corrected chi connectivity index (χ0v) is 10.5. The van der Waals surface area contributed by atoms with E-state index in [9.17, 15) is 9.18 Å². The van der Waals surface area contributed by atoms with E-state index in [4.69, 9.17) is 0 Å². The molecule has 0 aromatic heterocycles. The van der Waals surface area contributed by atoms with Gasteiger partial charge in [0.2, 0.25) is 5.91 Å². The van der Waals surface area contributed by atoms with Gasteiger partial charge in [0.1, 0.15) is 5.82 Å². The van der Waals surface area contributed by atoms with Crippen molar-refractivity contribution in [2.24, 2.45) is 5.92 Å². The van der Waals surface area contributed by atoms with Gasteiger partial charge in [-0.3, -0.25) is 4.79 Å². The van der Waals surface area contributed by atoms with Crippen molar-refractivity contribution >= 4 is 17.3 Å². The number of benzene rings is 1. The summed E-state index contributed by atoms with van der Waals surface area (Å²) in [6.07, 6.45) is 3.16. The fourth-order valence-corrected chi connectivity index (χ4v) is 2.63. The second-order valence-corrected chi connectivity index (χ2v) is 5.17. The largest absolute Gasteiger partial charge is 0.371 e. The van der Waals surface area contributed by atoms with Gasteiger partial charge in [0, 0.05) is 26.1 Å². The Balaban J connectivity index is 1.94. The minimum absolute atomic E-state index is 0.186. The quantitative estimate of drug-likeness (QED) is 0.762. The van der Waals surface area contributed by atoms with Gasteiger partial charge in [0.15, 0.2) is 0 Å². The summed E-state index contributed by atoms with van der Waals surface area (Å²) in [6, 6.07) is 4.66. The summed E-state index contributed by atoms with van der Waals surface area (Å²) in [5.41, 5.74) is 1.66. The number of carbonyl (C=O) groups is 1. The van der Waals surface area contributed by atoms with Gasteiger partial charge >= 0.3 is 0 Å². The van der Waals surface area contributed by atoms with Gasteiger partial charge in [-0.05, 0) is 31.0 Å². The molecule has 1 amide bonds. The number of nitrogens with zero attached hydrogens (tertiary/aromatic N) is 2. The number of hydrogen-bond acceptors (Lipinski definition) is 2. The van der Waals surface area contributed by atoms with Crippen molar-refractivity contribution in [3.8, 4) is 0 Å². The standard InChI is InChI=1S/C14H17FN2O/c1-16-7-8-17(14(18)10-3-2-4-10)12-6-5-11(15)9-13(12)16/h5-6,9-10H,2-4,7-8H2,1H3. The monoisotopic (exact) mass is 248 g/mol. The van der Waals surface area contributed by atoms with Gasteiger partial charge in [-0.25, -0.2) is 4.39 Å². The summed E-state index contributed by atoms with van der Waals surface area (Å²) < 4.78 is 13.3. The molecule has 18 heavy (non-hydrogen) atoms. The Morgan fingerprint density at radius 1 is 1.28 bits per heavy atom. The molecule has 0 atom stereocenters. The smallest absolute Gasteiger partial charge is 0.230 e. The third-order valence-electron chi connectivity index (χ3n) is 4.02. The van der Waals surface area contributed by atoms with Crippen LogP contribution in [0, 0.1) is 11.7 Å². The van der Waals surface area contributed by atoms with Crippen molar-refractivity contribution < 1.29 is 9.18 Å². The highest BCUT2D eigenvalue weighted by Gasteiger charge is 2.33. The lowest BCUT2D eigenvalue weighted by Gasteiger charge is -2.38. The molecule has 4 heteroatoms. The number of hydrogen-bond donors (Lipinski definition) is 0. The predicted octanol–water partition coefficient (Wildman–Crippen LogP) is 2.41. The van der Waals surface area contributed by atoms with Crippen LogP contribution in [0.5, 0.6) is 0 Å². The van der Waals surface area contributed by atoms with Crippen LogP contribution >= 0.6 is 0 Å². The predicted molar refractivity (Wildman–Crippen MR) is 69.4 cm³/mol. The summed E-state index contributed by atoms with van der Waals surface area (Å²) in [5.74, 6) is 0.145. The zero-order chi connectivity index (χ0) is 12.7. The van der Waals surface area contributed by atoms with E-state index in [1.165, 1.54) is 12.1 Å². The minimum atomic E-state index is -0.251. The van der Waals surface area contributed by atoms with Gasteiger partial charge < -0.3 is 9.80 Å². The lowest BCUT2D eigenvalue weighted by atomic mass is 9.84. The van der Waals surface area contributed by atoms with Crippen LogP contribution in [0.3, 0.4) is 0 Å². The van der Waals surface area contributed by atoms with Crippen LogP contribution in [-0.4, -0.2) is 26.0 Å². The molecule has 96 valence electrons. The van der Waals surface area contributed by atoms with Gasteiger partial charge in [-0.15, -0.1) is 0 Å². The van der Waals surface area contributed by atoms with Gasteiger partial charge in [-0.1, -0.05) is 6.42 Å². The summed E-state index contributed by atoms with van der Waals surface area (Å²) in [4.78, 5) is 16.2. The maximum atomic E-state index is 13.3. The fraction of sp³-hybridized carbons (Fsp3) is 0.500. The maximum absolute atomic E-state index is 13.3. The molecule has 3 nitrogen and oxygen atoms in total. The highest BCUT2D eigenvalue weighted by molar-refractivity contribution is 5.99. The summed E-state index contributed by atoms with van der Waals surface area (Å²) in [5, 5.41) is 0. The molecule has 1 aliphatic heterocycles. The number of rotatable bonds is 1. The Morgan fingerprint density at radius 3 is 2.72 bits per heavy atom. The van der Waals surface area contributed by atoms with E-state index in [2.05, 4.69) is 0 Å². The molecule has 0 bridgehead atoms. The SMILES string of the molecule is CN1CCN(C(=O)C2CCC2)c2ccc(F)cc21. The molecule has 1 fully saturated rings. The van der Waals surface area contributed by atoms with E-state index in [-0.39, 0.29) is 17.6 Å². The van der Waals surface area contributed by atoms with E-state index < -0.39 is 0 Å². The van der Waals surface area contributed by atoms with Crippen LogP contribution in [0.15, 0.2) is 18.2 Å². The van der Waals surface area contributed by atoms with Crippen LogP contribution in [0.4, 0.5) is 15.8 Å². The van der Waals surface area contributed by atoms with Crippen molar-refractivity contribution in [3.63, 3.8) is 0 Å². The van der Waals surface area contributed by atoms with Crippen molar-refractivity contribution in [2.45, 2.75) is 19.3 Å². The molecule has 2 aliphatic rings. The Hall–Kier alpha value is -1.58. The highest BCUT2D eigenvalue weighted by Crippen LogP contribution is 2.36. The summed E-state index contributed by atoms with van der Waals surface area (Å²) >= 11 is 0. The van der Waals surface area contributed by atoms with E-state index in [0.717, 1.165) is 37.2 Å². The number of halogens is 1. The first-order valence-corrected chi connectivity index (χ1v) is 6.49. The minimum Gasteiger partial charge on any atom is -0.371 e. The fourth-order valence-electron chi connectivity index (χ4n) is 2.63. The van der Waals surface area contributed by atoms with Crippen molar-refractivity contribution in [3.05, 3.63) is 24.0 Å². The molecule has 0 spiro atoms. The molecule has 0 unspecified atom stereocenters. The van der Waals surface area contributed by atoms with Crippen molar-refractivity contribution in [1.82, 2.24) is 0 Å². The maximum Gasteiger partial charge on any atom is 0.230 e. The summed E-state index contributed by atoms with van der Waals surface area (Å²) in [7, 11) is 1.93. The van der Waals surface area contributed by atoms with E-state index in [1.807, 2.05) is 16.8 Å². The second kappa shape index (κ2) is 4.26. The van der Waals surface area contributed by atoms with Crippen LogP contribution in [-0.2, 0) is 4.79 Å². The molecular weight excluding hydrogens is 231 g/mol. The molecule has 1 heterocycles. The molecule has 1 aromatic rings. The number of fused-ring (bicyclic) bond motifs is 1. The van der Waals surface area contributed by atoms with Gasteiger partial charge in [-0.2, -0.15) is 0 Å². The molecule has 0 radical (unpaired) electrons. The lowest BCUT2D eigenvalue weighted by Crippen LogP contribution is -2.46. The van der Waals surface area contributed by atoms with Crippen LogP contribution in [0.25, 0.3) is 0 Å². The molecule has 1 aliphatic carbocycles. The Kier molecular flexibility index (Phi) is 2.73. The Bertz CT molecular complexity index is 485. The van der Waals surface area contributed by atoms with Crippen LogP contribution < -0.4 is 9.80 Å². The van der Waals surface area contributed by atoms with Gasteiger partial charge in [0.05, 0.1) is 11.4 Å². The number of anilines is 2. The average Bonchev–Trinajstić information content (AvgIpc) is 2.28. The molecule has 0 saturated heterocycles. The molecule has 1 aromatic carbocycles. The van der Waals surface area contributed by atoms with Crippen LogP contribution in [0.2, 0.25) is 0 Å². The molecule has 0 N–H and O–H groups in total. The van der Waals surface area contributed by atoms with Crippen molar-refractivity contribution in [1.29, 1.82) is 0 Å². The average molecular weight is 248 g/mol. The molecular formula is C14H17FN2O. The number of likely N-dealkylation sites (N-methyl/N-ethyl adjacent to an activating group) is 1. The number of carbonyl (C=O) groups excluding carboxylic acids is 1. The van der Waals surface area contributed by atoms with Crippen molar-refractivity contribution in [2.75, 3.05) is 29.9 Å². The first-order valence-electron chi connectivity index (χ1n) is 6.49. The van der Waals surface area contributed by atoms with Gasteiger partial charge in [0.25, 0.3) is 0 Å². The zero-order valence-electron chi connectivity index (χ0n) is 10.5. The first kappa shape index (κ1) is 11.5. The Morgan fingerprint density at radius 2 is 2.06 bits per heavy atom.